The van der Waals surface area contributed by atoms with Crippen molar-refractivity contribution in [2.75, 3.05) is 0 Å². The maximum absolute atomic E-state index is 10.6. The lowest BCUT2D eigenvalue weighted by Crippen LogP contribution is -2.16. The minimum Gasteiger partial charge on any atom is -0.508 e. The third-order valence-electron chi connectivity index (χ3n) is 1.79. The SMILES string of the molecule is O=C(O)C1=Cc2cc(O)ccc2SN1. The molecule has 72 valence electrons. The van der Waals surface area contributed by atoms with Crippen molar-refractivity contribution in [3.63, 3.8) is 0 Å². The molecule has 4 nitrogen and oxygen atoms in total. The average Bonchev–Trinajstić information content (AvgIpc) is 2.16. The largest absolute Gasteiger partial charge is 0.508 e. The highest BCUT2D eigenvalue weighted by Crippen LogP contribution is 2.30. The molecule has 1 aromatic rings. The van der Waals surface area contributed by atoms with E-state index in [0.717, 1.165) is 4.90 Å². The van der Waals surface area contributed by atoms with E-state index in [1.165, 1.54) is 24.1 Å². The first-order valence-corrected chi connectivity index (χ1v) is 4.69. The molecule has 0 spiro atoms. The number of rotatable bonds is 1. The summed E-state index contributed by atoms with van der Waals surface area (Å²) in [5, 5.41) is 17.9. The second-order valence-electron chi connectivity index (χ2n) is 2.79. The zero-order chi connectivity index (χ0) is 10.1. The summed E-state index contributed by atoms with van der Waals surface area (Å²) in [5.41, 5.74) is 0.833. The third-order valence-corrected chi connectivity index (χ3v) is 2.71. The summed E-state index contributed by atoms with van der Waals surface area (Å²) >= 11 is 1.22. The minimum absolute atomic E-state index is 0.119. The highest BCUT2D eigenvalue weighted by Gasteiger charge is 2.15. The number of carboxylic acids is 1. The number of aromatic hydroxyl groups is 1. The molecule has 0 aliphatic carbocycles. The Balaban J connectivity index is 2.47. The van der Waals surface area contributed by atoms with Crippen molar-refractivity contribution in [2.45, 2.75) is 4.90 Å². The molecule has 1 aliphatic heterocycles. The molecule has 0 unspecified atom stereocenters. The average molecular weight is 209 g/mol. The van der Waals surface area contributed by atoms with Crippen LogP contribution in [0.4, 0.5) is 0 Å². The summed E-state index contributed by atoms with van der Waals surface area (Å²) in [4.78, 5) is 11.5. The first-order chi connectivity index (χ1) is 6.66. The van der Waals surface area contributed by atoms with Gasteiger partial charge in [0.05, 0.1) is 0 Å². The number of fused-ring (bicyclic) bond motifs is 1. The third kappa shape index (κ3) is 1.54. The maximum atomic E-state index is 10.6. The van der Waals surface area contributed by atoms with Gasteiger partial charge in [-0.3, -0.25) is 0 Å². The number of phenols is 1. The monoisotopic (exact) mass is 209 g/mol. The highest BCUT2D eigenvalue weighted by atomic mass is 32.2. The first kappa shape index (κ1) is 8.96. The van der Waals surface area contributed by atoms with Gasteiger partial charge in [0, 0.05) is 4.90 Å². The van der Waals surface area contributed by atoms with Gasteiger partial charge in [-0.15, -0.1) is 0 Å². The van der Waals surface area contributed by atoms with Crippen LogP contribution in [-0.4, -0.2) is 16.2 Å². The van der Waals surface area contributed by atoms with Crippen molar-refractivity contribution in [2.24, 2.45) is 0 Å². The van der Waals surface area contributed by atoms with Crippen LogP contribution in [0.25, 0.3) is 6.08 Å². The number of aliphatic carboxylic acids is 1. The first-order valence-electron chi connectivity index (χ1n) is 3.87. The summed E-state index contributed by atoms with van der Waals surface area (Å²) < 4.78 is 2.69. The molecular formula is C9H7NO3S. The number of benzene rings is 1. The summed E-state index contributed by atoms with van der Waals surface area (Å²) in [6.45, 7) is 0. The molecular weight excluding hydrogens is 202 g/mol. The fourth-order valence-corrected chi connectivity index (χ4v) is 1.88. The van der Waals surface area contributed by atoms with Crippen molar-refractivity contribution >= 4 is 24.0 Å². The van der Waals surface area contributed by atoms with Crippen LogP contribution in [0.5, 0.6) is 5.75 Å². The summed E-state index contributed by atoms with van der Waals surface area (Å²) in [6.07, 6.45) is 1.49. The Morgan fingerprint density at radius 2 is 2.21 bits per heavy atom. The van der Waals surface area contributed by atoms with E-state index in [2.05, 4.69) is 4.72 Å². The van der Waals surface area contributed by atoms with Crippen LogP contribution in [-0.2, 0) is 4.79 Å². The Kier molecular flexibility index (Phi) is 2.09. The van der Waals surface area contributed by atoms with Gasteiger partial charge in [-0.2, -0.15) is 0 Å². The summed E-state index contributed by atoms with van der Waals surface area (Å²) in [7, 11) is 0. The van der Waals surface area contributed by atoms with Crippen LogP contribution < -0.4 is 4.72 Å². The molecule has 0 radical (unpaired) electrons. The van der Waals surface area contributed by atoms with Gasteiger partial charge in [-0.05, 0) is 41.8 Å². The van der Waals surface area contributed by atoms with E-state index in [1.807, 2.05) is 0 Å². The number of phenolic OH excluding ortho intramolecular Hbond substituents is 1. The van der Waals surface area contributed by atoms with E-state index >= 15 is 0 Å². The number of hydrogen-bond acceptors (Lipinski definition) is 4. The van der Waals surface area contributed by atoms with Gasteiger partial charge in [-0.1, -0.05) is 0 Å². The second kappa shape index (κ2) is 3.26. The molecule has 0 fully saturated rings. The maximum Gasteiger partial charge on any atom is 0.352 e. The second-order valence-corrected chi connectivity index (χ2v) is 3.64. The van der Waals surface area contributed by atoms with Gasteiger partial charge in [-0.25, -0.2) is 4.79 Å². The molecule has 0 saturated carbocycles. The zero-order valence-corrected chi connectivity index (χ0v) is 7.84. The van der Waals surface area contributed by atoms with E-state index in [1.54, 1.807) is 12.1 Å². The van der Waals surface area contributed by atoms with E-state index in [-0.39, 0.29) is 11.4 Å². The zero-order valence-electron chi connectivity index (χ0n) is 7.02. The highest BCUT2D eigenvalue weighted by molar-refractivity contribution is 7.97. The summed E-state index contributed by atoms with van der Waals surface area (Å²) in [5.74, 6) is -0.876. The van der Waals surface area contributed by atoms with Crippen molar-refractivity contribution in [1.82, 2.24) is 4.72 Å². The van der Waals surface area contributed by atoms with Gasteiger partial charge >= 0.3 is 5.97 Å². The lowest BCUT2D eigenvalue weighted by atomic mass is 10.2. The molecule has 1 aliphatic rings. The van der Waals surface area contributed by atoms with Crippen LogP contribution in [0.1, 0.15) is 5.56 Å². The molecule has 0 saturated heterocycles. The van der Waals surface area contributed by atoms with Crippen LogP contribution in [0.3, 0.4) is 0 Å². The van der Waals surface area contributed by atoms with Crippen LogP contribution in [0.2, 0.25) is 0 Å². The van der Waals surface area contributed by atoms with Gasteiger partial charge in [0.2, 0.25) is 0 Å². The predicted octanol–water partition coefficient (Wildman–Crippen LogP) is 1.43. The van der Waals surface area contributed by atoms with Crippen LogP contribution >= 0.6 is 11.9 Å². The Bertz CT molecular complexity index is 428. The number of hydrogen-bond donors (Lipinski definition) is 3. The van der Waals surface area contributed by atoms with Crippen molar-refractivity contribution in [3.05, 3.63) is 29.5 Å². The van der Waals surface area contributed by atoms with Gasteiger partial charge in [0.1, 0.15) is 11.4 Å². The summed E-state index contributed by atoms with van der Waals surface area (Å²) in [6, 6.07) is 4.83. The van der Waals surface area contributed by atoms with E-state index < -0.39 is 5.97 Å². The van der Waals surface area contributed by atoms with Gasteiger partial charge < -0.3 is 14.9 Å². The van der Waals surface area contributed by atoms with Crippen LogP contribution in [0, 0.1) is 0 Å². The Hall–Kier alpha value is -1.62. The molecule has 0 atom stereocenters. The molecule has 1 heterocycles. The van der Waals surface area contributed by atoms with E-state index in [0.29, 0.717) is 5.56 Å². The minimum atomic E-state index is -1.01. The van der Waals surface area contributed by atoms with Crippen LogP contribution in [0.15, 0.2) is 28.8 Å². The normalized spacial score (nSPS) is 13.9. The van der Waals surface area contributed by atoms with Crippen molar-refractivity contribution < 1.29 is 15.0 Å². The molecule has 2 rings (SSSR count). The van der Waals surface area contributed by atoms with Crippen molar-refractivity contribution in [3.8, 4) is 5.75 Å². The number of nitrogens with one attached hydrogen (secondary N) is 1. The fraction of sp³-hybridized carbons (Fsp3) is 0. The molecule has 3 N–H and O–H groups in total. The molecule has 0 amide bonds. The van der Waals surface area contributed by atoms with E-state index in [4.69, 9.17) is 5.11 Å². The van der Waals surface area contributed by atoms with Crippen molar-refractivity contribution in [1.29, 1.82) is 0 Å². The fourth-order valence-electron chi connectivity index (χ4n) is 1.14. The molecule has 1 aromatic carbocycles. The molecule has 5 heteroatoms. The molecule has 0 aromatic heterocycles. The number of carbonyl (C=O) groups is 1. The topological polar surface area (TPSA) is 69.6 Å². The Labute approximate surface area is 84.4 Å². The Morgan fingerprint density at radius 3 is 2.93 bits per heavy atom. The Morgan fingerprint density at radius 1 is 1.43 bits per heavy atom. The standard InChI is InChI=1S/C9H7NO3S/c11-6-1-2-8-5(3-6)4-7(9(12)13)10-14-8/h1-4,10-11H,(H,12,13). The van der Waals surface area contributed by atoms with Gasteiger partial charge in [0.25, 0.3) is 0 Å². The lowest BCUT2D eigenvalue weighted by Gasteiger charge is -2.14. The van der Waals surface area contributed by atoms with E-state index in [9.17, 15) is 9.90 Å². The van der Waals surface area contributed by atoms with Gasteiger partial charge in [0.15, 0.2) is 0 Å². The smallest absolute Gasteiger partial charge is 0.352 e. The molecule has 14 heavy (non-hydrogen) atoms. The molecule has 0 bridgehead atoms. The predicted molar refractivity (Wildman–Crippen MR) is 52.7 cm³/mol. The lowest BCUT2D eigenvalue weighted by molar-refractivity contribution is -0.132. The quantitative estimate of drug-likeness (QED) is 0.610. The number of carboxylic acid groups (broad SMARTS) is 1.